The van der Waals surface area contributed by atoms with Gasteiger partial charge in [-0.2, -0.15) is 0 Å². The molecule has 0 radical (unpaired) electrons. The van der Waals surface area contributed by atoms with Crippen LogP contribution >= 0.6 is 0 Å². The van der Waals surface area contributed by atoms with Crippen LogP contribution in [0.2, 0.25) is 0 Å². The molecule has 28 heavy (non-hydrogen) atoms. The average Bonchev–Trinajstić information content (AvgIpc) is 3.04. The van der Waals surface area contributed by atoms with E-state index in [1.54, 1.807) is 6.07 Å². The molecule has 3 rings (SSSR count). The van der Waals surface area contributed by atoms with Gasteiger partial charge in [-0.3, -0.25) is 4.90 Å². The number of esters is 1. The van der Waals surface area contributed by atoms with Crippen molar-refractivity contribution in [3.63, 3.8) is 0 Å². The molecule has 0 aliphatic rings. The van der Waals surface area contributed by atoms with Crippen LogP contribution in [0.15, 0.2) is 42.5 Å². The number of imidazole rings is 1. The number of fused-ring (bicyclic) bond motifs is 1. The Morgan fingerprint density at radius 2 is 1.86 bits per heavy atom. The largest absolute Gasteiger partial charge is 0.465 e. The van der Waals surface area contributed by atoms with Crippen LogP contribution < -0.4 is 0 Å². The maximum atomic E-state index is 11.8. The van der Waals surface area contributed by atoms with Gasteiger partial charge < -0.3 is 9.30 Å². The molecule has 0 atom stereocenters. The van der Waals surface area contributed by atoms with Crippen molar-refractivity contribution in [3.05, 3.63) is 53.6 Å². The topological polar surface area (TPSA) is 47.4 Å². The van der Waals surface area contributed by atoms with E-state index in [-0.39, 0.29) is 5.97 Å². The maximum absolute atomic E-state index is 11.8. The molecule has 5 heteroatoms. The molecule has 2 aromatic carbocycles. The Kier molecular flexibility index (Phi) is 6.47. The van der Waals surface area contributed by atoms with Crippen molar-refractivity contribution < 1.29 is 9.53 Å². The summed E-state index contributed by atoms with van der Waals surface area (Å²) in [5.74, 6) is 0.565. The minimum atomic E-state index is -0.335. The molecule has 148 valence electrons. The van der Waals surface area contributed by atoms with Crippen molar-refractivity contribution in [3.8, 4) is 11.4 Å². The van der Waals surface area contributed by atoms with Gasteiger partial charge in [-0.1, -0.05) is 32.0 Å². The van der Waals surface area contributed by atoms with Crippen molar-refractivity contribution >= 4 is 17.0 Å². The monoisotopic (exact) mass is 379 g/mol. The van der Waals surface area contributed by atoms with Crippen molar-refractivity contribution in [1.29, 1.82) is 0 Å². The van der Waals surface area contributed by atoms with Crippen LogP contribution in [0.5, 0.6) is 0 Å². The highest BCUT2D eigenvalue weighted by molar-refractivity contribution is 5.94. The minimum absolute atomic E-state index is 0.335. The van der Waals surface area contributed by atoms with Crippen LogP contribution in [0.4, 0.5) is 0 Å². The van der Waals surface area contributed by atoms with Crippen LogP contribution in [0.25, 0.3) is 22.4 Å². The third kappa shape index (κ3) is 4.25. The van der Waals surface area contributed by atoms with Gasteiger partial charge in [0.05, 0.1) is 23.7 Å². The molecule has 0 aliphatic carbocycles. The van der Waals surface area contributed by atoms with E-state index >= 15 is 0 Å². The summed E-state index contributed by atoms with van der Waals surface area (Å²) < 4.78 is 6.87. The number of benzene rings is 2. The Bertz CT molecular complexity index is 956. The first-order chi connectivity index (χ1) is 13.6. The quantitative estimate of drug-likeness (QED) is 0.535. The van der Waals surface area contributed by atoms with Crippen LogP contribution in [-0.2, 0) is 18.3 Å². The van der Waals surface area contributed by atoms with Gasteiger partial charge in [-0.15, -0.1) is 0 Å². The van der Waals surface area contributed by atoms with Crippen molar-refractivity contribution in [2.24, 2.45) is 7.05 Å². The van der Waals surface area contributed by atoms with Gasteiger partial charge in [0, 0.05) is 19.2 Å². The number of aromatic nitrogens is 2. The molecule has 0 bridgehead atoms. The number of hydrogen-bond acceptors (Lipinski definition) is 4. The van der Waals surface area contributed by atoms with Gasteiger partial charge in [0.2, 0.25) is 0 Å². The molecule has 0 unspecified atom stereocenters. The summed E-state index contributed by atoms with van der Waals surface area (Å²) in [6.45, 7) is 7.62. The van der Waals surface area contributed by atoms with Crippen LogP contribution in [0.3, 0.4) is 0 Å². The number of methoxy groups -OCH3 is 1. The Morgan fingerprint density at radius 3 is 2.54 bits per heavy atom. The molecule has 0 saturated carbocycles. The molecule has 3 aromatic rings. The SMILES string of the molecule is CCCN(CCC)Cc1cccc(-c2nc3ccc(C(=O)OC)cc3n2C)c1. The summed E-state index contributed by atoms with van der Waals surface area (Å²) in [6, 6.07) is 14.1. The fourth-order valence-corrected chi connectivity index (χ4v) is 3.66. The van der Waals surface area contributed by atoms with Gasteiger partial charge in [-0.25, -0.2) is 9.78 Å². The van der Waals surface area contributed by atoms with Crippen molar-refractivity contribution in [2.75, 3.05) is 20.2 Å². The zero-order chi connectivity index (χ0) is 20.1. The average molecular weight is 380 g/mol. The summed E-state index contributed by atoms with van der Waals surface area (Å²) in [7, 11) is 3.38. The Hall–Kier alpha value is -2.66. The number of ether oxygens (including phenoxy) is 1. The third-order valence-corrected chi connectivity index (χ3v) is 4.97. The first kappa shape index (κ1) is 20.1. The molecule has 0 amide bonds. The number of aryl methyl sites for hydroxylation is 1. The van der Waals surface area contributed by atoms with E-state index in [0.29, 0.717) is 5.56 Å². The van der Waals surface area contributed by atoms with E-state index in [0.717, 1.165) is 54.9 Å². The Labute approximate surface area is 166 Å². The third-order valence-electron chi connectivity index (χ3n) is 4.97. The van der Waals surface area contributed by atoms with Crippen molar-refractivity contribution in [1.82, 2.24) is 14.5 Å². The van der Waals surface area contributed by atoms with E-state index in [1.807, 2.05) is 23.7 Å². The van der Waals surface area contributed by atoms with Gasteiger partial charge in [0.25, 0.3) is 0 Å². The molecular formula is C23H29N3O2. The normalized spacial score (nSPS) is 11.3. The first-order valence-electron chi connectivity index (χ1n) is 9.93. The Balaban J connectivity index is 1.94. The van der Waals surface area contributed by atoms with E-state index in [1.165, 1.54) is 12.7 Å². The molecule has 1 heterocycles. The fraction of sp³-hybridized carbons (Fsp3) is 0.391. The molecule has 0 spiro atoms. The van der Waals surface area contributed by atoms with E-state index in [2.05, 4.69) is 43.0 Å². The molecule has 0 N–H and O–H groups in total. The van der Waals surface area contributed by atoms with Gasteiger partial charge in [0.15, 0.2) is 0 Å². The maximum Gasteiger partial charge on any atom is 0.337 e. The molecule has 0 fully saturated rings. The zero-order valence-corrected chi connectivity index (χ0v) is 17.2. The number of rotatable bonds is 8. The second-order valence-corrected chi connectivity index (χ2v) is 7.17. The number of nitrogens with zero attached hydrogens (tertiary/aromatic N) is 3. The number of carbonyl (C=O) groups is 1. The lowest BCUT2D eigenvalue weighted by atomic mass is 10.1. The number of carbonyl (C=O) groups excluding carboxylic acids is 1. The van der Waals surface area contributed by atoms with Crippen LogP contribution in [0, 0.1) is 0 Å². The first-order valence-corrected chi connectivity index (χ1v) is 9.93. The molecule has 1 aromatic heterocycles. The summed E-state index contributed by atoms with van der Waals surface area (Å²) >= 11 is 0. The zero-order valence-electron chi connectivity index (χ0n) is 17.2. The van der Waals surface area contributed by atoms with E-state index in [4.69, 9.17) is 9.72 Å². The fourth-order valence-electron chi connectivity index (χ4n) is 3.66. The summed E-state index contributed by atoms with van der Waals surface area (Å²) in [5.41, 5.74) is 4.70. The molecule has 5 nitrogen and oxygen atoms in total. The van der Waals surface area contributed by atoms with Gasteiger partial charge in [0.1, 0.15) is 5.82 Å². The Morgan fingerprint density at radius 1 is 1.11 bits per heavy atom. The predicted octanol–water partition coefficient (Wildman–Crippen LogP) is 4.65. The lowest BCUT2D eigenvalue weighted by Gasteiger charge is -2.21. The van der Waals surface area contributed by atoms with E-state index < -0.39 is 0 Å². The summed E-state index contributed by atoms with van der Waals surface area (Å²) in [4.78, 5) is 19.1. The standard InChI is InChI=1S/C23H29N3O2/c1-5-12-26(13-6-2)16-17-8-7-9-18(14-17)22-24-20-11-10-19(23(27)28-4)15-21(20)25(22)3/h7-11,14-15H,5-6,12-13,16H2,1-4H3. The van der Waals surface area contributed by atoms with Gasteiger partial charge in [-0.05, 0) is 55.8 Å². The molecule has 0 saturated heterocycles. The summed E-state index contributed by atoms with van der Waals surface area (Å²) in [6.07, 6.45) is 2.32. The van der Waals surface area contributed by atoms with E-state index in [9.17, 15) is 4.79 Å². The number of hydrogen-bond donors (Lipinski definition) is 0. The predicted molar refractivity (Wildman–Crippen MR) is 113 cm³/mol. The molecular weight excluding hydrogens is 350 g/mol. The van der Waals surface area contributed by atoms with Crippen LogP contribution in [-0.4, -0.2) is 40.6 Å². The summed E-state index contributed by atoms with van der Waals surface area (Å²) in [5, 5.41) is 0. The highest BCUT2D eigenvalue weighted by Gasteiger charge is 2.14. The van der Waals surface area contributed by atoms with Gasteiger partial charge >= 0.3 is 5.97 Å². The minimum Gasteiger partial charge on any atom is -0.465 e. The lowest BCUT2D eigenvalue weighted by molar-refractivity contribution is 0.0601. The highest BCUT2D eigenvalue weighted by Crippen LogP contribution is 2.26. The lowest BCUT2D eigenvalue weighted by Crippen LogP contribution is -2.24. The second-order valence-electron chi connectivity index (χ2n) is 7.17. The molecule has 0 aliphatic heterocycles. The van der Waals surface area contributed by atoms with Crippen molar-refractivity contribution in [2.45, 2.75) is 33.2 Å². The highest BCUT2D eigenvalue weighted by atomic mass is 16.5. The smallest absolute Gasteiger partial charge is 0.337 e. The second kappa shape index (κ2) is 9.02. The van der Waals surface area contributed by atoms with Crippen LogP contribution in [0.1, 0.15) is 42.6 Å².